The zero-order valence-electron chi connectivity index (χ0n) is 20.0. The number of imidazole rings is 2. The Hall–Kier alpha value is -5.52. The van der Waals surface area contributed by atoms with E-state index in [9.17, 15) is 4.79 Å². The number of nitrogens with zero attached hydrogens (tertiary/aromatic N) is 9. The van der Waals surface area contributed by atoms with Crippen molar-refractivity contribution in [1.82, 2.24) is 43.9 Å². The van der Waals surface area contributed by atoms with Gasteiger partial charge in [0.25, 0.3) is 0 Å². The van der Waals surface area contributed by atoms with E-state index in [1.807, 2.05) is 65.4 Å². The van der Waals surface area contributed by atoms with Crippen molar-refractivity contribution >= 4 is 18.0 Å². The molecule has 0 saturated heterocycles. The second-order valence-electron chi connectivity index (χ2n) is 8.82. The average Bonchev–Trinajstić information content (AvgIpc) is 3.75. The summed E-state index contributed by atoms with van der Waals surface area (Å²) >= 11 is 0. The fourth-order valence-corrected chi connectivity index (χ4v) is 4.56. The van der Waals surface area contributed by atoms with Crippen molar-refractivity contribution < 1.29 is 0 Å². The smallest absolute Gasteiger partial charge is 0.327 e. The van der Waals surface area contributed by atoms with Crippen LogP contribution in [0.5, 0.6) is 0 Å². The van der Waals surface area contributed by atoms with Crippen LogP contribution in [0.2, 0.25) is 0 Å². The van der Waals surface area contributed by atoms with Gasteiger partial charge in [-0.15, -0.1) is 5.10 Å². The number of benzene rings is 2. The molecule has 186 valence electrons. The summed E-state index contributed by atoms with van der Waals surface area (Å²) in [7, 11) is 0. The predicted octanol–water partition coefficient (Wildman–Crippen LogP) is 2.99. The quantitative estimate of drug-likeness (QED) is 0.360. The first kappa shape index (κ1) is 21.7. The van der Waals surface area contributed by atoms with Crippen molar-refractivity contribution in [3.63, 3.8) is 0 Å². The van der Waals surface area contributed by atoms with Gasteiger partial charge in [0.2, 0.25) is 0 Å². The molecule has 1 aliphatic heterocycles. The van der Waals surface area contributed by atoms with E-state index >= 15 is 0 Å². The minimum absolute atomic E-state index is 0.224. The predicted molar refractivity (Wildman–Crippen MR) is 141 cm³/mol. The third kappa shape index (κ3) is 3.80. The number of hydrogen-bond donors (Lipinski definition) is 2. The molecule has 1 aliphatic rings. The molecule has 4 aromatic heterocycles. The molecule has 0 fully saturated rings. The van der Waals surface area contributed by atoms with E-state index in [0.29, 0.717) is 36.1 Å². The Morgan fingerprint density at radius 1 is 0.842 bits per heavy atom. The molecule has 0 atom stereocenters. The molecule has 12 nitrogen and oxygen atoms in total. The summed E-state index contributed by atoms with van der Waals surface area (Å²) in [4.78, 5) is 25.2. The highest BCUT2D eigenvalue weighted by molar-refractivity contribution is 5.90. The van der Waals surface area contributed by atoms with E-state index in [-0.39, 0.29) is 5.69 Å². The van der Waals surface area contributed by atoms with Gasteiger partial charge >= 0.3 is 5.69 Å². The molecule has 2 N–H and O–H groups in total. The summed E-state index contributed by atoms with van der Waals surface area (Å²) in [6.07, 6.45) is 10.4. The summed E-state index contributed by atoms with van der Waals surface area (Å²) in [6.45, 7) is 0.958. The number of fused-ring (bicyclic) bond motifs is 3. The van der Waals surface area contributed by atoms with Gasteiger partial charge in [-0.25, -0.2) is 24.1 Å². The number of anilines is 1. The molecule has 0 radical (unpaired) electrons. The van der Waals surface area contributed by atoms with E-state index in [1.54, 1.807) is 45.2 Å². The second kappa shape index (κ2) is 8.85. The van der Waals surface area contributed by atoms with Crippen LogP contribution in [0.3, 0.4) is 0 Å². The monoisotopic (exact) mass is 503 g/mol. The zero-order valence-corrected chi connectivity index (χ0v) is 20.0. The van der Waals surface area contributed by atoms with Gasteiger partial charge in [0, 0.05) is 12.4 Å². The topological polar surface area (TPSA) is 129 Å². The molecular weight excluding hydrogens is 482 g/mol. The number of aromatic nitrogens is 9. The number of nitrogens with one attached hydrogen (secondary N) is 2. The van der Waals surface area contributed by atoms with Crippen LogP contribution >= 0.6 is 0 Å². The van der Waals surface area contributed by atoms with Crippen LogP contribution in [0, 0.1) is 0 Å². The van der Waals surface area contributed by atoms with Gasteiger partial charge in [0.1, 0.15) is 17.2 Å². The molecule has 2 aromatic carbocycles. The van der Waals surface area contributed by atoms with E-state index in [0.717, 1.165) is 22.5 Å². The Balaban J connectivity index is 1.16. The second-order valence-corrected chi connectivity index (χ2v) is 8.82. The van der Waals surface area contributed by atoms with Gasteiger partial charge in [-0.3, -0.25) is 4.57 Å². The first-order chi connectivity index (χ1) is 18.7. The minimum Gasteiger partial charge on any atom is -0.330 e. The van der Waals surface area contributed by atoms with Gasteiger partial charge in [-0.2, -0.15) is 5.10 Å². The maximum Gasteiger partial charge on any atom is 0.327 e. The fraction of sp³-hybridized carbons (Fsp3) is 0.0769. The highest BCUT2D eigenvalue weighted by Crippen LogP contribution is 2.34. The molecule has 0 saturated carbocycles. The Kier molecular flexibility index (Phi) is 5.06. The first-order valence-electron chi connectivity index (χ1n) is 11.9. The molecule has 0 bridgehead atoms. The van der Waals surface area contributed by atoms with Gasteiger partial charge in [0.05, 0.1) is 49.5 Å². The van der Waals surface area contributed by atoms with Gasteiger partial charge in [-0.1, -0.05) is 29.5 Å². The van der Waals surface area contributed by atoms with Gasteiger partial charge in [0.15, 0.2) is 5.82 Å². The Labute approximate surface area is 215 Å². The van der Waals surface area contributed by atoms with Crippen molar-refractivity contribution in [2.24, 2.45) is 4.99 Å². The number of H-pyrrole nitrogens is 1. The van der Waals surface area contributed by atoms with Crippen LogP contribution in [0.15, 0.2) is 95.5 Å². The number of aliphatic imine (C=N–C) groups is 1. The molecule has 12 heteroatoms. The molecular formula is C26H21N11O. The van der Waals surface area contributed by atoms with Crippen LogP contribution in [0.1, 0.15) is 11.1 Å². The van der Waals surface area contributed by atoms with Crippen molar-refractivity contribution in [3.8, 4) is 22.8 Å². The fourth-order valence-electron chi connectivity index (χ4n) is 4.56. The van der Waals surface area contributed by atoms with E-state index in [4.69, 9.17) is 0 Å². The van der Waals surface area contributed by atoms with E-state index in [2.05, 4.69) is 35.7 Å². The maximum absolute atomic E-state index is 13.0. The lowest BCUT2D eigenvalue weighted by Gasteiger charge is -2.08. The first-order valence-corrected chi connectivity index (χ1v) is 11.9. The minimum atomic E-state index is -0.224. The molecule has 5 heterocycles. The highest BCUT2D eigenvalue weighted by atomic mass is 16.1. The lowest BCUT2D eigenvalue weighted by molar-refractivity contribution is 0.769. The van der Waals surface area contributed by atoms with Crippen LogP contribution in [-0.2, 0) is 13.1 Å². The van der Waals surface area contributed by atoms with Crippen molar-refractivity contribution in [1.29, 1.82) is 0 Å². The summed E-state index contributed by atoms with van der Waals surface area (Å²) in [5.74, 6) is 1.28. The third-order valence-corrected chi connectivity index (χ3v) is 6.44. The number of aromatic amines is 1. The van der Waals surface area contributed by atoms with Gasteiger partial charge in [-0.05, 0) is 41.5 Å². The van der Waals surface area contributed by atoms with Gasteiger partial charge < -0.3 is 14.9 Å². The third-order valence-electron chi connectivity index (χ3n) is 6.44. The molecule has 38 heavy (non-hydrogen) atoms. The lowest BCUT2D eigenvalue weighted by Crippen LogP contribution is -2.19. The zero-order chi connectivity index (χ0) is 25.5. The van der Waals surface area contributed by atoms with Crippen LogP contribution in [0.4, 0.5) is 11.6 Å². The SMILES string of the molecule is O=c1[nH]c2c(n1Cc1ccc(-n3cccn3)cc1)NC=Nc1c-2ncn1Cc1ccc(-n2ccnn2)cc1. The number of rotatable bonds is 6. The molecule has 6 aromatic rings. The summed E-state index contributed by atoms with van der Waals surface area (Å²) in [6, 6.07) is 17.8. The van der Waals surface area contributed by atoms with E-state index in [1.165, 1.54) is 0 Å². The molecule has 0 spiro atoms. The Morgan fingerprint density at radius 3 is 2.32 bits per heavy atom. The van der Waals surface area contributed by atoms with Crippen LogP contribution in [0.25, 0.3) is 22.8 Å². The Bertz CT molecular complexity index is 1790. The van der Waals surface area contributed by atoms with Crippen molar-refractivity contribution in [2.75, 3.05) is 5.32 Å². The normalized spacial score (nSPS) is 12.1. The van der Waals surface area contributed by atoms with Crippen LogP contribution in [-0.4, -0.2) is 50.2 Å². The van der Waals surface area contributed by atoms with Crippen LogP contribution < -0.4 is 11.0 Å². The standard InChI is InChI=1S/C26H21N11O/c38-26-32-23-22-24(34(17-29-22)14-18-2-8-21(9-3-18)37-13-11-30-33-37)27-16-28-25(23)35(26)15-19-4-6-20(7-5-19)36-12-1-10-31-36/h1-13,16-17H,14-15H2,(H,27,28)(H,32,38). The van der Waals surface area contributed by atoms with Crippen molar-refractivity contribution in [2.45, 2.75) is 13.1 Å². The molecule has 0 aliphatic carbocycles. The molecule has 0 amide bonds. The highest BCUT2D eigenvalue weighted by Gasteiger charge is 2.23. The largest absolute Gasteiger partial charge is 0.330 e. The van der Waals surface area contributed by atoms with Crippen molar-refractivity contribution in [3.05, 3.63) is 107 Å². The summed E-state index contributed by atoms with van der Waals surface area (Å²) < 4.78 is 7.11. The maximum atomic E-state index is 13.0. The number of hydrogen-bond acceptors (Lipinski definition) is 7. The molecule has 0 unspecified atom stereocenters. The average molecular weight is 504 g/mol. The Morgan fingerprint density at radius 2 is 1.61 bits per heavy atom. The lowest BCUT2D eigenvalue weighted by atomic mass is 10.2. The summed E-state index contributed by atoms with van der Waals surface area (Å²) in [5, 5.41) is 15.3. The molecule has 7 rings (SSSR count). The summed E-state index contributed by atoms with van der Waals surface area (Å²) in [5.41, 5.74) is 4.93. The van der Waals surface area contributed by atoms with E-state index < -0.39 is 0 Å².